The Balaban J connectivity index is 1.52. The zero-order valence-corrected chi connectivity index (χ0v) is 21.0. The van der Waals surface area contributed by atoms with Crippen molar-refractivity contribution in [3.05, 3.63) is 59.2 Å². The van der Waals surface area contributed by atoms with Gasteiger partial charge in [-0.15, -0.1) is 0 Å². The number of carbonyl (C=O) groups excluding carboxylic acids is 2. The number of benzene rings is 2. The molecule has 1 aliphatic heterocycles. The van der Waals surface area contributed by atoms with Crippen molar-refractivity contribution in [3.63, 3.8) is 0 Å². The molecule has 1 amide bonds. The Morgan fingerprint density at radius 1 is 1.00 bits per heavy atom. The maximum Gasteiger partial charge on any atom is 0.339 e. The van der Waals surface area contributed by atoms with Crippen molar-refractivity contribution in [1.82, 2.24) is 14.9 Å². The molecule has 1 saturated heterocycles. The van der Waals surface area contributed by atoms with Gasteiger partial charge in [0.15, 0.2) is 5.82 Å². The molecule has 0 bridgehead atoms. The topological polar surface area (TPSA) is 109 Å². The molecule has 10 nitrogen and oxygen atoms in total. The predicted octanol–water partition coefficient (Wildman–Crippen LogP) is 4.08. The third-order valence-corrected chi connectivity index (χ3v) is 6.13. The van der Waals surface area contributed by atoms with Crippen LogP contribution in [0.15, 0.2) is 48.7 Å². The second-order valence-corrected chi connectivity index (χ2v) is 8.46. The van der Waals surface area contributed by atoms with Crippen LogP contribution in [-0.2, 0) is 9.53 Å². The lowest BCUT2D eigenvalue weighted by molar-refractivity contribution is -0.129. The van der Waals surface area contributed by atoms with Crippen LogP contribution in [0.25, 0.3) is 0 Å². The first-order chi connectivity index (χ1) is 17.4. The molecule has 0 unspecified atom stereocenters. The molecule has 0 aliphatic carbocycles. The van der Waals surface area contributed by atoms with Crippen LogP contribution in [0, 0.1) is 0 Å². The average Bonchev–Trinajstić information content (AvgIpc) is 2.90. The van der Waals surface area contributed by atoms with Crippen LogP contribution in [0.1, 0.15) is 17.3 Å². The van der Waals surface area contributed by atoms with Gasteiger partial charge in [0, 0.05) is 44.9 Å². The number of para-hydroxylation sites is 1. The summed E-state index contributed by atoms with van der Waals surface area (Å²) in [6, 6.07) is 12.7. The van der Waals surface area contributed by atoms with E-state index in [9.17, 15) is 9.59 Å². The van der Waals surface area contributed by atoms with Crippen LogP contribution in [0.3, 0.4) is 0 Å². The SMILES string of the molecule is COC(=O)c1ccccc1Nc1nc(Nc2ccc(N3CCN(C(C)=O)CC3)cc2OC)ncc1Cl. The quantitative estimate of drug-likeness (QED) is 0.454. The van der Waals surface area contributed by atoms with Crippen molar-refractivity contribution in [3.8, 4) is 5.75 Å². The molecule has 0 atom stereocenters. The van der Waals surface area contributed by atoms with E-state index in [2.05, 4.69) is 25.5 Å². The Labute approximate surface area is 214 Å². The number of aromatic nitrogens is 2. The lowest BCUT2D eigenvalue weighted by atomic mass is 10.2. The van der Waals surface area contributed by atoms with Gasteiger partial charge in [0.1, 0.15) is 10.8 Å². The third kappa shape index (κ3) is 5.60. The summed E-state index contributed by atoms with van der Waals surface area (Å²) in [7, 11) is 2.92. The van der Waals surface area contributed by atoms with E-state index in [1.807, 2.05) is 23.1 Å². The van der Waals surface area contributed by atoms with Gasteiger partial charge in [0.2, 0.25) is 11.9 Å². The summed E-state index contributed by atoms with van der Waals surface area (Å²) in [6.07, 6.45) is 1.47. The molecule has 188 valence electrons. The Kier molecular flexibility index (Phi) is 7.74. The Morgan fingerprint density at radius 3 is 2.44 bits per heavy atom. The Hall–Kier alpha value is -4.05. The van der Waals surface area contributed by atoms with E-state index < -0.39 is 5.97 Å². The molecule has 0 spiro atoms. The number of carbonyl (C=O) groups is 2. The molecule has 0 radical (unpaired) electrons. The third-order valence-electron chi connectivity index (χ3n) is 5.85. The number of methoxy groups -OCH3 is 2. The van der Waals surface area contributed by atoms with Crippen LogP contribution in [0.2, 0.25) is 5.02 Å². The smallest absolute Gasteiger partial charge is 0.339 e. The molecular formula is C25H27ClN6O4. The van der Waals surface area contributed by atoms with E-state index in [-0.39, 0.29) is 10.9 Å². The highest BCUT2D eigenvalue weighted by atomic mass is 35.5. The van der Waals surface area contributed by atoms with E-state index in [1.54, 1.807) is 38.3 Å². The summed E-state index contributed by atoms with van der Waals surface area (Å²) < 4.78 is 10.5. The monoisotopic (exact) mass is 510 g/mol. The fourth-order valence-corrected chi connectivity index (χ4v) is 4.04. The molecule has 1 fully saturated rings. The number of esters is 1. The molecule has 11 heteroatoms. The summed E-state index contributed by atoms with van der Waals surface area (Å²) in [5.74, 6) is 0.847. The van der Waals surface area contributed by atoms with Gasteiger partial charge in [0.25, 0.3) is 0 Å². The van der Waals surface area contributed by atoms with Gasteiger partial charge < -0.3 is 29.9 Å². The van der Waals surface area contributed by atoms with Gasteiger partial charge in [0.05, 0.1) is 37.4 Å². The number of ether oxygens (including phenoxy) is 2. The minimum absolute atomic E-state index is 0.0948. The van der Waals surface area contributed by atoms with Gasteiger partial charge in [-0.3, -0.25) is 4.79 Å². The maximum absolute atomic E-state index is 12.1. The van der Waals surface area contributed by atoms with Gasteiger partial charge >= 0.3 is 5.97 Å². The van der Waals surface area contributed by atoms with Crippen molar-refractivity contribution in [2.75, 3.05) is 55.9 Å². The summed E-state index contributed by atoms with van der Waals surface area (Å²) >= 11 is 6.32. The van der Waals surface area contributed by atoms with Crippen molar-refractivity contribution >= 4 is 52.3 Å². The summed E-state index contributed by atoms with van der Waals surface area (Å²) in [5, 5.41) is 6.54. The van der Waals surface area contributed by atoms with Crippen LogP contribution < -0.4 is 20.3 Å². The minimum atomic E-state index is -0.478. The molecule has 4 rings (SSSR count). The molecule has 2 heterocycles. The second-order valence-electron chi connectivity index (χ2n) is 8.06. The van der Waals surface area contributed by atoms with E-state index in [0.29, 0.717) is 47.5 Å². The van der Waals surface area contributed by atoms with Crippen LogP contribution >= 0.6 is 11.6 Å². The zero-order chi connectivity index (χ0) is 25.7. The maximum atomic E-state index is 12.1. The number of piperazine rings is 1. The van der Waals surface area contributed by atoms with Crippen molar-refractivity contribution in [2.45, 2.75) is 6.92 Å². The highest BCUT2D eigenvalue weighted by Crippen LogP contribution is 2.33. The molecule has 1 aliphatic rings. The number of hydrogen-bond acceptors (Lipinski definition) is 9. The van der Waals surface area contributed by atoms with E-state index in [0.717, 1.165) is 18.8 Å². The standard InChI is InChI=1S/C25H27ClN6O4/c1-16(33)31-10-12-32(13-11-31)17-8-9-21(22(14-17)35-2)29-25-27-15-19(26)23(30-25)28-20-7-5-4-6-18(20)24(34)36-3/h4-9,14-15H,10-13H2,1-3H3,(H2,27,28,29,30). The van der Waals surface area contributed by atoms with Crippen molar-refractivity contribution < 1.29 is 19.1 Å². The fraction of sp³-hybridized carbons (Fsp3) is 0.280. The molecule has 3 aromatic rings. The molecule has 2 aromatic carbocycles. The first-order valence-corrected chi connectivity index (χ1v) is 11.7. The number of nitrogens with one attached hydrogen (secondary N) is 2. The van der Waals surface area contributed by atoms with Gasteiger partial charge in [-0.25, -0.2) is 9.78 Å². The molecule has 0 saturated carbocycles. The van der Waals surface area contributed by atoms with Crippen LogP contribution in [0.4, 0.5) is 28.8 Å². The summed E-state index contributed by atoms with van der Waals surface area (Å²) in [4.78, 5) is 36.5. The number of nitrogens with zero attached hydrogens (tertiary/aromatic N) is 4. The number of halogens is 1. The van der Waals surface area contributed by atoms with Crippen LogP contribution in [-0.4, -0.2) is 67.1 Å². The number of anilines is 5. The number of amides is 1. The van der Waals surface area contributed by atoms with Crippen LogP contribution in [0.5, 0.6) is 5.75 Å². The molecule has 2 N–H and O–H groups in total. The normalized spacial score (nSPS) is 13.2. The lowest BCUT2D eigenvalue weighted by Crippen LogP contribution is -2.48. The van der Waals surface area contributed by atoms with E-state index in [1.165, 1.54) is 13.3 Å². The van der Waals surface area contributed by atoms with Gasteiger partial charge in [-0.05, 0) is 24.3 Å². The Morgan fingerprint density at radius 2 is 1.75 bits per heavy atom. The average molecular weight is 511 g/mol. The first-order valence-electron chi connectivity index (χ1n) is 11.3. The highest BCUT2D eigenvalue weighted by Gasteiger charge is 2.20. The summed E-state index contributed by atoms with van der Waals surface area (Å²) in [5.41, 5.74) is 2.53. The zero-order valence-electron chi connectivity index (χ0n) is 20.2. The number of hydrogen-bond donors (Lipinski definition) is 2. The van der Waals surface area contributed by atoms with Gasteiger partial charge in [-0.2, -0.15) is 4.98 Å². The molecule has 36 heavy (non-hydrogen) atoms. The fourth-order valence-electron chi connectivity index (χ4n) is 3.90. The molecule has 1 aromatic heterocycles. The lowest BCUT2D eigenvalue weighted by Gasteiger charge is -2.35. The second kappa shape index (κ2) is 11.1. The van der Waals surface area contributed by atoms with Gasteiger partial charge in [-0.1, -0.05) is 23.7 Å². The largest absolute Gasteiger partial charge is 0.494 e. The Bertz CT molecular complexity index is 1260. The summed E-state index contributed by atoms with van der Waals surface area (Å²) in [6.45, 7) is 4.46. The van der Waals surface area contributed by atoms with Crippen molar-refractivity contribution in [2.24, 2.45) is 0 Å². The highest BCUT2D eigenvalue weighted by molar-refractivity contribution is 6.33. The minimum Gasteiger partial charge on any atom is -0.494 e. The number of rotatable bonds is 7. The molecular weight excluding hydrogens is 484 g/mol. The van der Waals surface area contributed by atoms with Crippen molar-refractivity contribution in [1.29, 1.82) is 0 Å². The first kappa shape index (κ1) is 25.1. The predicted molar refractivity (Wildman–Crippen MR) is 139 cm³/mol. The van der Waals surface area contributed by atoms with E-state index in [4.69, 9.17) is 21.1 Å². The van der Waals surface area contributed by atoms with E-state index >= 15 is 0 Å².